The molecule has 0 aliphatic heterocycles. The molecule has 0 radical (unpaired) electrons. The van der Waals surface area contributed by atoms with Gasteiger partial charge in [-0.15, -0.1) is 0 Å². The van der Waals surface area contributed by atoms with Crippen molar-refractivity contribution in [1.82, 2.24) is 0 Å². The number of nitrogens with zero attached hydrogens (tertiary/aromatic N) is 1. The fourth-order valence-corrected chi connectivity index (χ4v) is 3.86. The summed E-state index contributed by atoms with van der Waals surface area (Å²) in [6.45, 7) is 0.373. The molecule has 0 amide bonds. The first-order valence-corrected chi connectivity index (χ1v) is 10.3. The molecule has 0 atom stereocenters. The van der Waals surface area contributed by atoms with Crippen molar-refractivity contribution < 1.29 is 17.9 Å². The maximum atomic E-state index is 12.7. The molecule has 29 heavy (non-hydrogen) atoms. The van der Waals surface area contributed by atoms with Gasteiger partial charge in [0.1, 0.15) is 17.6 Å². The van der Waals surface area contributed by atoms with Gasteiger partial charge in [0.15, 0.2) is 11.5 Å². The van der Waals surface area contributed by atoms with Gasteiger partial charge in [-0.25, -0.2) is 8.42 Å². The van der Waals surface area contributed by atoms with E-state index in [0.717, 1.165) is 5.56 Å². The second-order valence-corrected chi connectivity index (χ2v) is 8.04. The summed E-state index contributed by atoms with van der Waals surface area (Å²) < 4.78 is 36.6. The Hall–Kier alpha value is -3.56. The number of hydrogen-bond donors (Lipinski definition) is 0. The molecule has 146 valence electrons. The van der Waals surface area contributed by atoms with Crippen LogP contribution in [0.4, 0.5) is 0 Å². The molecule has 0 fully saturated rings. The summed E-state index contributed by atoms with van der Waals surface area (Å²) in [5, 5.41) is 9.42. The summed E-state index contributed by atoms with van der Waals surface area (Å²) in [6.07, 6.45) is 1.33. The van der Waals surface area contributed by atoms with E-state index in [2.05, 4.69) is 0 Å². The van der Waals surface area contributed by atoms with E-state index < -0.39 is 9.84 Å². The lowest BCUT2D eigenvalue weighted by Crippen LogP contribution is -2.03. The molecule has 3 rings (SSSR count). The van der Waals surface area contributed by atoms with Gasteiger partial charge in [-0.2, -0.15) is 5.26 Å². The molecule has 3 aromatic carbocycles. The van der Waals surface area contributed by atoms with Gasteiger partial charge in [-0.1, -0.05) is 54.6 Å². The number of sulfone groups is 1. The van der Waals surface area contributed by atoms with Crippen molar-refractivity contribution in [1.29, 1.82) is 5.26 Å². The van der Waals surface area contributed by atoms with Gasteiger partial charge >= 0.3 is 0 Å². The Labute approximate surface area is 170 Å². The molecule has 5 nitrogen and oxygen atoms in total. The predicted molar refractivity (Wildman–Crippen MR) is 111 cm³/mol. The van der Waals surface area contributed by atoms with Crippen LogP contribution in [0.15, 0.2) is 88.7 Å². The number of methoxy groups -OCH3 is 1. The van der Waals surface area contributed by atoms with Gasteiger partial charge in [0, 0.05) is 0 Å². The maximum Gasteiger partial charge on any atom is 0.216 e. The van der Waals surface area contributed by atoms with Gasteiger partial charge < -0.3 is 9.47 Å². The molecule has 0 aliphatic rings. The van der Waals surface area contributed by atoms with E-state index in [1.54, 1.807) is 42.5 Å². The van der Waals surface area contributed by atoms with Crippen molar-refractivity contribution in [2.45, 2.75) is 11.5 Å². The second kappa shape index (κ2) is 9.09. The Morgan fingerprint density at radius 2 is 1.62 bits per heavy atom. The summed E-state index contributed by atoms with van der Waals surface area (Å²) in [5.74, 6) is 0.974. The van der Waals surface area contributed by atoms with Crippen LogP contribution in [-0.4, -0.2) is 15.5 Å². The Kier molecular flexibility index (Phi) is 6.32. The average molecular weight is 405 g/mol. The molecule has 0 spiro atoms. The Balaban J connectivity index is 1.87. The Morgan fingerprint density at radius 1 is 0.966 bits per heavy atom. The van der Waals surface area contributed by atoms with Crippen LogP contribution >= 0.6 is 0 Å². The van der Waals surface area contributed by atoms with Crippen molar-refractivity contribution in [2.24, 2.45) is 0 Å². The maximum absolute atomic E-state index is 12.7. The highest BCUT2D eigenvalue weighted by Crippen LogP contribution is 2.30. The van der Waals surface area contributed by atoms with E-state index in [1.807, 2.05) is 30.3 Å². The summed E-state index contributed by atoms with van der Waals surface area (Å²) in [6, 6.07) is 24.4. The summed E-state index contributed by atoms with van der Waals surface area (Å²) in [5.41, 5.74) is 1.53. The van der Waals surface area contributed by atoms with E-state index in [0.29, 0.717) is 23.7 Å². The lowest BCUT2D eigenvalue weighted by Gasteiger charge is -2.11. The third-order valence-electron chi connectivity index (χ3n) is 4.18. The number of ether oxygens (including phenoxy) is 2. The number of rotatable bonds is 7. The van der Waals surface area contributed by atoms with Gasteiger partial charge in [0.25, 0.3) is 0 Å². The van der Waals surface area contributed by atoms with Gasteiger partial charge in [-0.3, -0.25) is 0 Å². The van der Waals surface area contributed by atoms with Crippen LogP contribution in [0, 0.1) is 11.3 Å². The molecular weight excluding hydrogens is 386 g/mol. The van der Waals surface area contributed by atoms with Crippen molar-refractivity contribution in [3.8, 4) is 17.6 Å². The van der Waals surface area contributed by atoms with E-state index in [9.17, 15) is 13.7 Å². The van der Waals surface area contributed by atoms with Crippen LogP contribution in [0.2, 0.25) is 0 Å². The molecule has 0 bridgehead atoms. The van der Waals surface area contributed by atoms with Crippen LogP contribution in [0.1, 0.15) is 11.1 Å². The highest BCUT2D eigenvalue weighted by Gasteiger charge is 2.20. The Morgan fingerprint density at radius 3 is 2.24 bits per heavy atom. The summed E-state index contributed by atoms with van der Waals surface area (Å²) >= 11 is 0. The second-order valence-electron chi connectivity index (χ2n) is 6.12. The molecule has 0 unspecified atom stereocenters. The quantitative estimate of drug-likeness (QED) is 0.537. The number of benzene rings is 3. The van der Waals surface area contributed by atoms with Crippen molar-refractivity contribution in [3.63, 3.8) is 0 Å². The molecule has 0 N–H and O–H groups in total. The SMILES string of the molecule is COc1cc(C=C(C#N)S(=O)(=O)c2ccccc2)ccc1OCc1ccccc1. The minimum absolute atomic E-state index is 0.0718. The van der Waals surface area contributed by atoms with Crippen LogP contribution < -0.4 is 9.47 Å². The normalized spacial score (nSPS) is 11.5. The van der Waals surface area contributed by atoms with Crippen LogP contribution in [0.25, 0.3) is 6.08 Å². The minimum Gasteiger partial charge on any atom is -0.493 e. The third kappa shape index (κ3) is 4.84. The first kappa shape index (κ1) is 20.2. The zero-order chi connectivity index (χ0) is 20.7. The zero-order valence-electron chi connectivity index (χ0n) is 15.8. The fourth-order valence-electron chi connectivity index (χ4n) is 2.68. The molecule has 0 aliphatic carbocycles. The topological polar surface area (TPSA) is 76.4 Å². The highest BCUT2D eigenvalue weighted by atomic mass is 32.2. The van der Waals surface area contributed by atoms with Gasteiger partial charge in [-0.05, 0) is 41.5 Å². The zero-order valence-corrected chi connectivity index (χ0v) is 16.6. The minimum atomic E-state index is -3.90. The van der Waals surface area contributed by atoms with Crippen molar-refractivity contribution in [2.75, 3.05) is 7.11 Å². The van der Waals surface area contributed by atoms with Crippen molar-refractivity contribution >= 4 is 15.9 Å². The van der Waals surface area contributed by atoms with Crippen molar-refractivity contribution in [3.05, 3.63) is 94.9 Å². The number of hydrogen-bond acceptors (Lipinski definition) is 5. The van der Waals surface area contributed by atoms with E-state index >= 15 is 0 Å². The van der Waals surface area contributed by atoms with Crippen LogP contribution in [0.3, 0.4) is 0 Å². The largest absolute Gasteiger partial charge is 0.493 e. The standard InChI is InChI=1S/C23H19NO4S/c1-27-23-15-19(12-13-22(23)28-17-18-8-4-2-5-9-18)14-21(16-24)29(25,26)20-10-6-3-7-11-20/h2-15H,17H2,1H3. The molecule has 6 heteroatoms. The number of allylic oxidation sites excluding steroid dienone is 1. The number of nitriles is 1. The van der Waals surface area contributed by atoms with Crippen LogP contribution in [0.5, 0.6) is 11.5 Å². The first-order chi connectivity index (χ1) is 14.0. The lowest BCUT2D eigenvalue weighted by atomic mass is 10.2. The van der Waals surface area contributed by atoms with Gasteiger partial charge in [0.2, 0.25) is 9.84 Å². The van der Waals surface area contributed by atoms with Crippen LogP contribution in [-0.2, 0) is 16.4 Å². The molecule has 0 aromatic heterocycles. The molecular formula is C23H19NO4S. The van der Waals surface area contributed by atoms with Gasteiger partial charge in [0.05, 0.1) is 12.0 Å². The van der Waals surface area contributed by atoms with E-state index in [1.165, 1.54) is 25.3 Å². The molecule has 0 saturated carbocycles. The monoisotopic (exact) mass is 405 g/mol. The third-order valence-corrected chi connectivity index (χ3v) is 5.86. The lowest BCUT2D eigenvalue weighted by molar-refractivity contribution is 0.284. The molecule has 0 heterocycles. The summed E-state index contributed by atoms with van der Waals surface area (Å²) in [7, 11) is -2.39. The molecule has 0 saturated heterocycles. The average Bonchev–Trinajstić information content (AvgIpc) is 2.77. The smallest absolute Gasteiger partial charge is 0.216 e. The Bertz CT molecular complexity index is 1150. The fraction of sp³-hybridized carbons (Fsp3) is 0.0870. The predicted octanol–water partition coefficient (Wildman–Crippen LogP) is 4.61. The van der Waals surface area contributed by atoms with E-state index in [-0.39, 0.29) is 9.80 Å². The first-order valence-electron chi connectivity index (χ1n) is 8.81. The van der Waals surface area contributed by atoms with E-state index in [4.69, 9.17) is 9.47 Å². The summed E-state index contributed by atoms with van der Waals surface area (Å²) in [4.78, 5) is -0.272. The highest BCUT2D eigenvalue weighted by molar-refractivity contribution is 7.95. The molecule has 3 aromatic rings.